The van der Waals surface area contributed by atoms with Crippen molar-refractivity contribution in [1.29, 1.82) is 0 Å². The van der Waals surface area contributed by atoms with Gasteiger partial charge >= 0.3 is 0 Å². The number of rotatable bonds is 3. The minimum atomic E-state index is -0.285. The molecular weight excluding hydrogens is 252 g/mol. The topological polar surface area (TPSA) is 75.0 Å². The molecule has 1 heterocycles. The first-order valence-corrected chi connectivity index (χ1v) is 6.76. The van der Waals surface area contributed by atoms with Crippen molar-refractivity contribution >= 4 is 17.4 Å². The maximum Gasteiger partial charge on any atom is 0.271 e. The normalized spacial score (nSPS) is 23.9. The molecule has 3 N–H and O–H groups in total. The number of H-pyrrole nitrogens is 1. The van der Waals surface area contributed by atoms with Crippen LogP contribution < -0.4 is 16.2 Å². The second-order valence-electron chi connectivity index (χ2n) is 4.72. The Morgan fingerprint density at radius 3 is 2.78 bits per heavy atom. The van der Waals surface area contributed by atoms with E-state index in [1.165, 1.54) is 6.33 Å². The number of hydrogen-bond donors (Lipinski definition) is 2. The van der Waals surface area contributed by atoms with Gasteiger partial charge < -0.3 is 15.6 Å². The van der Waals surface area contributed by atoms with Gasteiger partial charge in [-0.2, -0.15) is 0 Å². The van der Waals surface area contributed by atoms with E-state index >= 15 is 0 Å². The van der Waals surface area contributed by atoms with Crippen LogP contribution in [0.3, 0.4) is 0 Å². The van der Waals surface area contributed by atoms with Crippen LogP contribution in [0.1, 0.15) is 32.6 Å². The van der Waals surface area contributed by atoms with Gasteiger partial charge in [0.05, 0.1) is 6.33 Å². The molecule has 100 valence electrons. The van der Waals surface area contributed by atoms with Gasteiger partial charge in [-0.15, -0.1) is 0 Å². The van der Waals surface area contributed by atoms with Gasteiger partial charge in [-0.25, -0.2) is 4.98 Å². The molecule has 0 bridgehead atoms. The molecular formula is C12H19ClN4O. The zero-order valence-electron chi connectivity index (χ0n) is 10.5. The molecule has 0 saturated heterocycles. The molecule has 2 rings (SSSR count). The first-order valence-electron chi connectivity index (χ1n) is 6.39. The summed E-state index contributed by atoms with van der Waals surface area (Å²) in [7, 11) is 0. The molecule has 0 radical (unpaired) electrons. The van der Waals surface area contributed by atoms with E-state index in [2.05, 4.69) is 14.9 Å². The number of aromatic amines is 1. The monoisotopic (exact) mass is 270 g/mol. The summed E-state index contributed by atoms with van der Waals surface area (Å²) in [6.45, 7) is 2.84. The predicted molar refractivity (Wildman–Crippen MR) is 73.1 cm³/mol. The third-order valence-electron chi connectivity index (χ3n) is 3.57. The number of halogens is 1. The summed E-state index contributed by atoms with van der Waals surface area (Å²) >= 11 is 6.04. The Bertz CT molecular complexity index is 454. The first-order chi connectivity index (χ1) is 8.63. The molecule has 6 heteroatoms. The Labute approximate surface area is 111 Å². The van der Waals surface area contributed by atoms with E-state index in [1.807, 2.05) is 6.92 Å². The fraction of sp³-hybridized carbons (Fsp3) is 0.667. The maximum absolute atomic E-state index is 11.5. The zero-order valence-corrected chi connectivity index (χ0v) is 11.3. The lowest BCUT2D eigenvalue weighted by Gasteiger charge is -2.36. The van der Waals surface area contributed by atoms with Crippen LogP contribution >= 0.6 is 11.6 Å². The van der Waals surface area contributed by atoms with Crippen molar-refractivity contribution < 1.29 is 0 Å². The number of aromatic nitrogens is 2. The van der Waals surface area contributed by atoms with E-state index in [1.54, 1.807) is 0 Å². The van der Waals surface area contributed by atoms with E-state index in [0.717, 1.165) is 32.2 Å². The van der Waals surface area contributed by atoms with Crippen LogP contribution in [-0.2, 0) is 0 Å². The summed E-state index contributed by atoms with van der Waals surface area (Å²) in [5.41, 5.74) is 5.63. The molecule has 0 amide bonds. The summed E-state index contributed by atoms with van der Waals surface area (Å²) in [5, 5.41) is 0.175. The van der Waals surface area contributed by atoms with Crippen LogP contribution in [0.5, 0.6) is 0 Å². The van der Waals surface area contributed by atoms with Gasteiger partial charge in [0.15, 0.2) is 5.82 Å². The zero-order chi connectivity index (χ0) is 13.1. The molecule has 1 aliphatic rings. The van der Waals surface area contributed by atoms with E-state index in [-0.39, 0.29) is 10.6 Å². The number of hydrogen-bond acceptors (Lipinski definition) is 4. The van der Waals surface area contributed by atoms with Gasteiger partial charge in [0.25, 0.3) is 5.56 Å². The highest BCUT2D eigenvalue weighted by Crippen LogP contribution is 2.28. The molecule has 0 aliphatic heterocycles. The SMILES string of the molecule is CCN(c1nc[nH]c(=O)c1Cl)C1CCC(N)CC1. The Morgan fingerprint density at radius 1 is 1.50 bits per heavy atom. The highest BCUT2D eigenvalue weighted by atomic mass is 35.5. The Hall–Kier alpha value is -1.07. The number of nitrogens with two attached hydrogens (primary N) is 1. The second kappa shape index (κ2) is 5.71. The fourth-order valence-electron chi connectivity index (χ4n) is 2.57. The summed E-state index contributed by atoms with van der Waals surface area (Å²) in [5.74, 6) is 0.586. The number of anilines is 1. The Balaban J connectivity index is 2.23. The van der Waals surface area contributed by atoms with E-state index in [0.29, 0.717) is 17.9 Å². The maximum atomic E-state index is 11.5. The summed E-state index contributed by atoms with van der Waals surface area (Å²) < 4.78 is 0. The van der Waals surface area contributed by atoms with E-state index < -0.39 is 0 Å². The molecule has 1 aliphatic carbocycles. The quantitative estimate of drug-likeness (QED) is 0.873. The predicted octanol–water partition coefficient (Wildman–Crippen LogP) is 1.52. The Kier molecular flexibility index (Phi) is 4.24. The van der Waals surface area contributed by atoms with Crippen LogP contribution in [-0.4, -0.2) is 28.6 Å². The third-order valence-corrected chi connectivity index (χ3v) is 3.91. The van der Waals surface area contributed by atoms with Crippen molar-refractivity contribution in [2.45, 2.75) is 44.7 Å². The van der Waals surface area contributed by atoms with Crippen LogP contribution in [0.4, 0.5) is 5.82 Å². The molecule has 18 heavy (non-hydrogen) atoms. The lowest BCUT2D eigenvalue weighted by Crippen LogP contribution is -2.42. The molecule has 0 atom stereocenters. The van der Waals surface area contributed by atoms with Crippen molar-refractivity contribution in [3.8, 4) is 0 Å². The fourth-order valence-corrected chi connectivity index (χ4v) is 2.78. The van der Waals surface area contributed by atoms with Crippen LogP contribution in [0.2, 0.25) is 5.02 Å². The molecule has 1 aromatic heterocycles. The smallest absolute Gasteiger partial charge is 0.271 e. The molecule has 1 aromatic rings. The lowest BCUT2D eigenvalue weighted by molar-refractivity contribution is 0.376. The van der Waals surface area contributed by atoms with Crippen molar-refractivity contribution in [2.24, 2.45) is 5.73 Å². The molecule has 0 spiro atoms. The van der Waals surface area contributed by atoms with Gasteiger partial charge in [0, 0.05) is 18.6 Å². The highest BCUT2D eigenvalue weighted by molar-refractivity contribution is 6.32. The van der Waals surface area contributed by atoms with E-state index in [9.17, 15) is 4.79 Å². The first kappa shape index (κ1) is 13.4. The van der Waals surface area contributed by atoms with Gasteiger partial charge in [0.2, 0.25) is 0 Å². The average Bonchev–Trinajstić information content (AvgIpc) is 2.37. The summed E-state index contributed by atoms with van der Waals surface area (Å²) in [6.07, 6.45) is 5.49. The van der Waals surface area contributed by atoms with Gasteiger partial charge in [-0.1, -0.05) is 11.6 Å². The average molecular weight is 271 g/mol. The minimum absolute atomic E-state index is 0.175. The van der Waals surface area contributed by atoms with Crippen LogP contribution in [0.25, 0.3) is 0 Å². The summed E-state index contributed by atoms with van der Waals surface area (Å²) in [6, 6.07) is 0.684. The number of nitrogens with zero attached hydrogens (tertiary/aromatic N) is 2. The summed E-state index contributed by atoms with van der Waals surface area (Å²) in [4.78, 5) is 20.3. The van der Waals surface area contributed by atoms with Gasteiger partial charge in [0.1, 0.15) is 5.02 Å². The van der Waals surface area contributed by atoms with Gasteiger partial charge in [-0.05, 0) is 32.6 Å². The second-order valence-corrected chi connectivity index (χ2v) is 5.10. The lowest BCUT2D eigenvalue weighted by atomic mass is 9.91. The van der Waals surface area contributed by atoms with Crippen molar-refractivity contribution in [2.75, 3.05) is 11.4 Å². The van der Waals surface area contributed by atoms with E-state index in [4.69, 9.17) is 17.3 Å². The third kappa shape index (κ3) is 2.67. The molecule has 1 fully saturated rings. The van der Waals surface area contributed by atoms with Crippen molar-refractivity contribution in [3.63, 3.8) is 0 Å². The van der Waals surface area contributed by atoms with Crippen molar-refractivity contribution in [3.05, 3.63) is 21.7 Å². The van der Waals surface area contributed by atoms with Crippen molar-refractivity contribution in [1.82, 2.24) is 9.97 Å². The standard InChI is InChI=1S/C12H19ClN4O/c1-2-17(9-5-3-8(14)4-6-9)11-10(13)12(18)16-7-15-11/h7-9H,2-6,14H2,1H3,(H,15,16,18). The van der Waals surface area contributed by atoms with Crippen LogP contribution in [0, 0.1) is 0 Å². The Morgan fingerprint density at radius 2 is 2.17 bits per heavy atom. The highest BCUT2D eigenvalue weighted by Gasteiger charge is 2.26. The molecule has 5 nitrogen and oxygen atoms in total. The minimum Gasteiger partial charge on any atom is -0.352 e. The molecule has 0 aromatic carbocycles. The van der Waals surface area contributed by atoms with Crippen LogP contribution in [0.15, 0.2) is 11.1 Å². The largest absolute Gasteiger partial charge is 0.352 e. The molecule has 0 unspecified atom stereocenters. The van der Waals surface area contributed by atoms with Gasteiger partial charge in [-0.3, -0.25) is 4.79 Å². The number of nitrogens with one attached hydrogen (secondary N) is 1. The molecule has 1 saturated carbocycles.